The zero-order valence-electron chi connectivity index (χ0n) is 16.0. The molecule has 1 aliphatic rings. The van der Waals surface area contributed by atoms with Gasteiger partial charge in [0.1, 0.15) is 0 Å². The zero-order chi connectivity index (χ0) is 19.8. The van der Waals surface area contributed by atoms with E-state index < -0.39 is 0 Å². The van der Waals surface area contributed by atoms with E-state index in [4.69, 9.17) is 11.6 Å². The molecule has 0 radical (unpaired) electrons. The average Bonchev–Trinajstić information content (AvgIpc) is 2.74. The predicted molar refractivity (Wildman–Crippen MR) is 112 cm³/mol. The largest absolute Gasteiger partial charge is 0.356 e. The molecular formula is C23H27ClN2O2. The fourth-order valence-electron chi connectivity index (χ4n) is 3.67. The molecule has 5 heteroatoms. The standard InChI is InChI=1S/C23H27ClN2O2/c24-21-12-6-17(7-13-21)14-15-25-22(27)19-8-10-20(11-9-19)23(28)26-16-18-4-2-1-3-5-18/h1-7,12-13,19-20H,8-11,14-16H2,(H,25,27)(H,26,28). The highest BCUT2D eigenvalue weighted by molar-refractivity contribution is 6.30. The molecule has 0 aliphatic heterocycles. The maximum absolute atomic E-state index is 12.4. The van der Waals surface area contributed by atoms with Crippen molar-refractivity contribution < 1.29 is 9.59 Å². The van der Waals surface area contributed by atoms with Crippen LogP contribution in [-0.2, 0) is 22.6 Å². The van der Waals surface area contributed by atoms with E-state index in [1.807, 2.05) is 54.6 Å². The van der Waals surface area contributed by atoms with E-state index in [9.17, 15) is 9.59 Å². The molecule has 0 bridgehead atoms. The third kappa shape index (κ3) is 6.10. The van der Waals surface area contributed by atoms with Gasteiger partial charge in [-0.25, -0.2) is 0 Å². The Hall–Kier alpha value is -2.33. The number of carbonyl (C=O) groups excluding carboxylic acids is 2. The van der Waals surface area contributed by atoms with E-state index in [1.54, 1.807) is 0 Å². The molecule has 28 heavy (non-hydrogen) atoms. The van der Waals surface area contributed by atoms with Crippen LogP contribution in [0.2, 0.25) is 5.02 Å². The van der Waals surface area contributed by atoms with Crippen molar-refractivity contribution in [3.8, 4) is 0 Å². The maximum atomic E-state index is 12.4. The Labute approximate surface area is 171 Å². The Morgan fingerprint density at radius 2 is 1.36 bits per heavy atom. The van der Waals surface area contributed by atoms with Gasteiger partial charge in [-0.1, -0.05) is 54.1 Å². The summed E-state index contributed by atoms with van der Waals surface area (Å²) in [5, 5.41) is 6.77. The molecule has 0 spiro atoms. The summed E-state index contributed by atoms with van der Waals surface area (Å²) >= 11 is 5.88. The monoisotopic (exact) mass is 398 g/mol. The maximum Gasteiger partial charge on any atom is 0.223 e. The third-order valence-electron chi connectivity index (χ3n) is 5.40. The predicted octanol–water partition coefficient (Wildman–Crippen LogP) is 4.12. The highest BCUT2D eigenvalue weighted by Crippen LogP contribution is 2.29. The second-order valence-corrected chi connectivity index (χ2v) is 7.86. The Balaban J connectivity index is 1.35. The molecule has 4 nitrogen and oxygen atoms in total. The minimum absolute atomic E-state index is 0.0156. The fourth-order valence-corrected chi connectivity index (χ4v) is 3.80. The van der Waals surface area contributed by atoms with Gasteiger partial charge in [-0.15, -0.1) is 0 Å². The molecule has 0 heterocycles. The van der Waals surface area contributed by atoms with Gasteiger partial charge in [0.2, 0.25) is 11.8 Å². The molecule has 2 aromatic carbocycles. The van der Waals surface area contributed by atoms with Gasteiger partial charge in [0.05, 0.1) is 0 Å². The Kier molecular flexibility index (Phi) is 7.49. The molecule has 0 aromatic heterocycles. The van der Waals surface area contributed by atoms with Crippen molar-refractivity contribution in [2.24, 2.45) is 11.8 Å². The third-order valence-corrected chi connectivity index (χ3v) is 5.66. The van der Waals surface area contributed by atoms with Gasteiger partial charge in [-0.3, -0.25) is 9.59 Å². The van der Waals surface area contributed by atoms with Crippen LogP contribution in [0.5, 0.6) is 0 Å². The van der Waals surface area contributed by atoms with Crippen molar-refractivity contribution in [2.45, 2.75) is 38.6 Å². The Morgan fingerprint density at radius 3 is 1.96 bits per heavy atom. The summed E-state index contributed by atoms with van der Waals surface area (Å²) < 4.78 is 0. The van der Waals surface area contributed by atoms with Crippen LogP contribution in [-0.4, -0.2) is 18.4 Å². The lowest BCUT2D eigenvalue weighted by atomic mass is 9.81. The molecule has 0 atom stereocenters. The van der Waals surface area contributed by atoms with Crippen LogP contribution in [0.25, 0.3) is 0 Å². The molecule has 1 fully saturated rings. The van der Waals surface area contributed by atoms with Crippen LogP contribution in [0.15, 0.2) is 54.6 Å². The summed E-state index contributed by atoms with van der Waals surface area (Å²) in [5.41, 5.74) is 2.26. The second kappa shape index (κ2) is 10.3. The summed E-state index contributed by atoms with van der Waals surface area (Å²) in [6, 6.07) is 17.6. The number of hydrogen-bond donors (Lipinski definition) is 2. The molecule has 2 aromatic rings. The molecule has 1 saturated carbocycles. The van der Waals surface area contributed by atoms with Gasteiger partial charge >= 0.3 is 0 Å². The summed E-state index contributed by atoms with van der Waals surface area (Å²) in [4.78, 5) is 24.8. The van der Waals surface area contributed by atoms with Gasteiger partial charge < -0.3 is 10.6 Å². The van der Waals surface area contributed by atoms with Gasteiger partial charge in [-0.2, -0.15) is 0 Å². The summed E-state index contributed by atoms with van der Waals surface area (Å²) in [6.45, 7) is 1.18. The normalized spacial score (nSPS) is 19.0. The highest BCUT2D eigenvalue weighted by atomic mass is 35.5. The fraction of sp³-hybridized carbons (Fsp3) is 0.391. The van der Waals surface area contributed by atoms with Crippen LogP contribution in [0.1, 0.15) is 36.8 Å². The Morgan fingerprint density at radius 1 is 0.786 bits per heavy atom. The van der Waals surface area contributed by atoms with Crippen molar-refractivity contribution in [1.29, 1.82) is 0 Å². The van der Waals surface area contributed by atoms with E-state index >= 15 is 0 Å². The topological polar surface area (TPSA) is 58.2 Å². The van der Waals surface area contributed by atoms with Crippen molar-refractivity contribution >= 4 is 23.4 Å². The molecule has 1 aliphatic carbocycles. The first-order chi connectivity index (χ1) is 13.6. The minimum Gasteiger partial charge on any atom is -0.356 e. The van der Waals surface area contributed by atoms with Gasteiger partial charge in [0, 0.05) is 29.9 Å². The van der Waals surface area contributed by atoms with E-state index in [-0.39, 0.29) is 23.7 Å². The number of hydrogen-bond acceptors (Lipinski definition) is 2. The number of rotatable bonds is 7. The van der Waals surface area contributed by atoms with Crippen molar-refractivity contribution in [3.05, 3.63) is 70.7 Å². The summed E-state index contributed by atoms with van der Waals surface area (Å²) in [6.07, 6.45) is 3.89. The quantitative estimate of drug-likeness (QED) is 0.737. The second-order valence-electron chi connectivity index (χ2n) is 7.42. The lowest BCUT2D eigenvalue weighted by molar-refractivity contribution is -0.130. The first kappa shape index (κ1) is 20.4. The number of benzene rings is 2. The van der Waals surface area contributed by atoms with Crippen LogP contribution >= 0.6 is 11.6 Å². The molecular weight excluding hydrogens is 372 g/mol. The number of halogens is 1. The molecule has 3 rings (SSSR count). The first-order valence-corrected chi connectivity index (χ1v) is 10.3. The van der Waals surface area contributed by atoms with Gasteiger partial charge in [-0.05, 0) is 55.4 Å². The molecule has 2 N–H and O–H groups in total. The van der Waals surface area contributed by atoms with E-state index in [0.29, 0.717) is 13.1 Å². The van der Waals surface area contributed by atoms with Crippen LogP contribution < -0.4 is 10.6 Å². The number of carbonyl (C=O) groups is 2. The summed E-state index contributed by atoms with van der Waals surface area (Å²) in [5.74, 6) is 0.243. The lowest BCUT2D eigenvalue weighted by Gasteiger charge is -2.27. The average molecular weight is 399 g/mol. The van der Waals surface area contributed by atoms with Gasteiger partial charge in [0.15, 0.2) is 0 Å². The number of amides is 2. The lowest BCUT2D eigenvalue weighted by Crippen LogP contribution is -2.37. The zero-order valence-corrected chi connectivity index (χ0v) is 16.8. The Bertz CT molecular complexity index is 769. The summed E-state index contributed by atoms with van der Waals surface area (Å²) in [7, 11) is 0. The minimum atomic E-state index is 0.0156. The van der Waals surface area contributed by atoms with Crippen LogP contribution in [0, 0.1) is 11.8 Å². The van der Waals surface area contributed by atoms with E-state index in [2.05, 4.69) is 10.6 Å². The van der Waals surface area contributed by atoms with Crippen molar-refractivity contribution in [3.63, 3.8) is 0 Å². The number of nitrogens with one attached hydrogen (secondary N) is 2. The molecule has 0 saturated heterocycles. The van der Waals surface area contributed by atoms with E-state index in [0.717, 1.165) is 48.3 Å². The SMILES string of the molecule is O=C(NCCc1ccc(Cl)cc1)C1CCC(C(=O)NCc2ccccc2)CC1. The van der Waals surface area contributed by atoms with Crippen LogP contribution in [0.4, 0.5) is 0 Å². The molecule has 0 unspecified atom stereocenters. The smallest absolute Gasteiger partial charge is 0.223 e. The van der Waals surface area contributed by atoms with Crippen molar-refractivity contribution in [2.75, 3.05) is 6.54 Å². The molecule has 2 amide bonds. The van der Waals surface area contributed by atoms with Crippen LogP contribution in [0.3, 0.4) is 0 Å². The van der Waals surface area contributed by atoms with E-state index in [1.165, 1.54) is 0 Å². The highest BCUT2D eigenvalue weighted by Gasteiger charge is 2.29. The molecule has 148 valence electrons. The van der Waals surface area contributed by atoms with Gasteiger partial charge in [0.25, 0.3) is 0 Å². The van der Waals surface area contributed by atoms with Crippen molar-refractivity contribution in [1.82, 2.24) is 10.6 Å². The first-order valence-electron chi connectivity index (χ1n) is 9.95.